The molecule has 1 amide bonds. The Labute approximate surface area is 386 Å². The molecule has 6 rings (SSSR count). The fraction of sp³-hybridized carbons (Fsp3) is 0.354. The zero-order chi connectivity index (χ0) is 47.2. The molecule has 0 radical (unpaired) electrons. The molecule has 0 saturated carbocycles. The molecule has 1 unspecified atom stereocenters. The van der Waals surface area contributed by atoms with Gasteiger partial charge in [-0.2, -0.15) is 0 Å². The molecule has 1 atom stereocenters. The van der Waals surface area contributed by atoms with Gasteiger partial charge in [-0.05, 0) is 106 Å². The Kier molecular flexibility index (Phi) is 17.2. The molecule has 2 aromatic heterocycles. The Morgan fingerprint density at radius 3 is 2.14 bits per heavy atom. The number of carbonyl (C=O) groups is 1. The van der Waals surface area contributed by atoms with E-state index in [1.165, 1.54) is 4.49 Å². The minimum Gasteiger partial charge on any atom is -0.450 e. The van der Waals surface area contributed by atoms with Crippen LogP contribution in [0.1, 0.15) is 87.0 Å². The van der Waals surface area contributed by atoms with Gasteiger partial charge in [0.05, 0.1) is 23.7 Å². The van der Waals surface area contributed by atoms with Gasteiger partial charge in [0, 0.05) is 56.0 Å². The summed E-state index contributed by atoms with van der Waals surface area (Å²) in [5.41, 5.74) is 19.3. The second kappa shape index (κ2) is 23.1. The first kappa shape index (κ1) is 49.0. The maximum absolute atomic E-state index is 14.8. The van der Waals surface area contributed by atoms with Crippen molar-refractivity contribution in [2.24, 2.45) is 23.5 Å². The largest absolute Gasteiger partial charge is 0.934 e. The topological polar surface area (TPSA) is 177 Å². The first-order chi connectivity index (χ1) is 31.7. The van der Waals surface area contributed by atoms with Crippen LogP contribution in [0.15, 0.2) is 120 Å². The van der Waals surface area contributed by atoms with Crippen molar-refractivity contribution in [1.82, 2.24) is 24.9 Å². The summed E-state index contributed by atoms with van der Waals surface area (Å²) in [4.78, 5) is 17.4. The number of nitrogens with zero attached hydrogens (tertiary/aromatic N) is 6. The molecule has 0 saturated heterocycles. The lowest BCUT2D eigenvalue weighted by molar-refractivity contribution is -0.343. The highest BCUT2D eigenvalue weighted by atomic mass is 31.2. The van der Waals surface area contributed by atoms with Crippen LogP contribution in [0.4, 0.5) is 19.1 Å². The summed E-state index contributed by atoms with van der Waals surface area (Å²) in [5.74, 6) is -0.658. The normalized spacial score (nSPS) is 13.8. The number of guanidine groups is 1. The molecule has 0 fully saturated rings. The predicted octanol–water partition coefficient (Wildman–Crippen LogP) is 9.83. The van der Waals surface area contributed by atoms with Gasteiger partial charge in [-0.15, -0.1) is 5.10 Å². The molecule has 3 aromatic carbocycles. The third kappa shape index (κ3) is 13.3. The molecule has 14 nitrogen and oxygen atoms in total. The van der Waals surface area contributed by atoms with Crippen molar-refractivity contribution in [2.45, 2.75) is 97.8 Å². The van der Waals surface area contributed by atoms with Gasteiger partial charge >= 0.3 is 21.1 Å². The number of allylic oxidation sites excluding steroid dienone is 3. The van der Waals surface area contributed by atoms with Gasteiger partial charge in [-0.1, -0.05) is 73.0 Å². The van der Waals surface area contributed by atoms with E-state index >= 15 is 0 Å². The number of ether oxygens (including phenoxy) is 1. The van der Waals surface area contributed by atoms with Crippen LogP contribution in [-0.2, 0) is 35.7 Å². The number of nitrogens with one attached hydrogen (secondary N) is 1. The van der Waals surface area contributed by atoms with Crippen LogP contribution >= 0.6 is 7.60 Å². The number of aromatic nitrogens is 4. The number of unbranched alkanes of at least 4 members (excludes halogenated alkanes) is 4. The Morgan fingerprint density at radius 2 is 1.53 bits per heavy atom. The van der Waals surface area contributed by atoms with E-state index in [0.29, 0.717) is 60.0 Å². The highest BCUT2D eigenvalue weighted by molar-refractivity contribution is 7.55. The van der Waals surface area contributed by atoms with E-state index in [-0.39, 0.29) is 19.0 Å². The quantitative estimate of drug-likeness (QED) is 0.0189. The number of aryl methyl sites for hydroxylation is 4. The maximum atomic E-state index is 14.8. The van der Waals surface area contributed by atoms with Crippen LogP contribution in [-0.4, -0.2) is 61.6 Å². The van der Waals surface area contributed by atoms with Crippen LogP contribution in [0.3, 0.4) is 0 Å². The van der Waals surface area contributed by atoms with Gasteiger partial charge in [0.2, 0.25) is 0 Å². The molecule has 66 heavy (non-hydrogen) atoms. The van der Waals surface area contributed by atoms with E-state index in [1.54, 1.807) is 91.9 Å². The van der Waals surface area contributed by atoms with Crippen LogP contribution in [0.25, 0.3) is 5.57 Å². The number of para-hydroxylation sites is 2. The molecule has 0 spiro atoms. The molecular formula is C48H60BF2N9O5P+. The lowest BCUT2D eigenvalue weighted by Crippen LogP contribution is -2.39. The molecule has 0 bridgehead atoms. The van der Waals surface area contributed by atoms with E-state index in [0.717, 1.165) is 65.9 Å². The molecule has 1 aliphatic rings. The first-order valence-corrected chi connectivity index (χ1v) is 23.9. The monoisotopic (exact) mass is 922 g/mol. The predicted molar refractivity (Wildman–Crippen MR) is 256 cm³/mol. The number of hydrogen-bond donors (Lipinski definition) is 3. The minimum atomic E-state index is -4.19. The molecule has 1 aliphatic heterocycles. The summed E-state index contributed by atoms with van der Waals surface area (Å²) < 4.78 is 66.3. The Morgan fingerprint density at radius 1 is 0.894 bits per heavy atom. The first-order valence-electron chi connectivity index (χ1n) is 22.3. The molecule has 348 valence electrons. The molecule has 18 heteroatoms. The van der Waals surface area contributed by atoms with Gasteiger partial charge in [0.25, 0.3) is 0 Å². The van der Waals surface area contributed by atoms with Gasteiger partial charge in [-0.3, -0.25) is 4.68 Å². The molecule has 5 aromatic rings. The Bertz CT molecular complexity index is 2550. The zero-order valence-corrected chi connectivity index (χ0v) is 39.2. The summed E-state index contributed by atoms with van der Waals surface area (Å²) in [6.07, 6.45) is 9.50. The number of benzene rings is 3. The number of alkyl carbamates (subject to hydrolysis) is 1. The van der Waals surface area contributed by atoms with Crippen molar-refractivity contribution in [1.29, 1.82) is 0 Å². The SMILES string of the molecule is CC1=CC(C)=[N+](B(F)F)C1=C(CCCCCCCn1cc(CCCOC(=O)NC(Cc2ccc(N=C(N)N)cc2)P(=O)(Oc2ccccc2)Oc2ccccc2)nn1)c1c(C)cc(C)n1C. The third-order valence-electron chi connectivity index (χ3n) is 11.3. The third-order valence-corrected chi connectivity index (χ3v) is 13.3. The summed E-state index contributed by atoms with van der Waals surface area (Å²) >= 11 is 0. The summed E-state index contributed by atoms with van der Waals surface area (Å²) in [6, 6.07) is 26.3. The zero-order valence-electron chi connectivity index (χ0n) is 38.3. The number of aliphatic imine (C=N–C) groups is 1. The smallest absolute Gasteiger partial charge is 0.450 e. The van der Waals surface area contributed by atoms with E-state index in [9.17, 15) is 18.0 Å². The van der Waals surface area contributed by atoms with Crippen molar-refractivity contribution in [2.75, 3.05) is 6.61 Å². The van der Waals surface area contributed by atoms with E-state index < -0.39 is 26.9 Å². The van der Waals surface area contributed by atoms with Gasteiger partial charge in [0.15, 0.2) is 23.2 Å². The molecule has 3 heterocycles. The van der Waals surface area contributed by atoms with Crippen LogP contribution < -0.4 is 25.8 Å². The average molecular weight is 923 g/mol. The number of carbonyl (C=O) groups excluding carboxylic acids is 1. The van der Waals surface area contributed by atoms with Crippen molar-refractivity contribution in [3.05, 3.63) is 143 Å². The Balaban J connectivity index is 0.991. The Hall–Kier alpha value is -6.48. The van der Waals surface area contributed by atoms with E-state index in [2.05, 4.69) is 38.2 Å². The highest BCUT2D eigenvalue weighted by Gasteiger charge is 2.45. The number of amides is 1. The number of nitrogens with two attached hydrogens (primary N) is 2. The molecule has 0 aliphatic carbocycles. The van der Waals surface area contributed by atoms with Crippen molar-refractivity contribution >= 4 is 44.0 Å². The van der Waals surface area contributed by atoms with E-state index in [4.69, 9.17) is 25.3 Å². The number of halogens is 2. The lowest BCUT2D eigenvalue weighted by Gasteiger charge is -2.28. The number of hydrogen-bond acceptors (Lipinski definition) is 8. The minimum absolute atomic E-state index is 0.0582. The summed E-state index contributed by atoms with van der Waals surface area (Å²) in [5, 5.41) is 11.4. The highest BCUT2D eigenvalue weighted by Crippen LogP contribution is 2.53. The second-order valence-electron chi connectivity index (χ2n) is 16.5. The van der Waals surface area contributed by atoms with Crippen molar-refractivity contribution in [3.63, 3.8) is 0 Å². The van der Waals surface area contributed by atoms with E-state index in [1.807, 2.05) is 37.8 Å². The summed E-state index contributed by atoms with van der Waals surface area (Å²) in [7, 11) is -4.80. The fourth-order valence-corrected chi connectivity index (χ4v) is 9.97. The lowest BCUT2D eigenvalue weighted by atomic mass is 9.95. The van der Waals surface area contributed by atoms with Gasteiger partial charge < -0.3 is 35.1 Å². The summed E-state index contributed by atoms with van der Waals surface area (Å²) in [6.45, 7) is 8.53. The fourth-order valence-electron chi connectivity index (χ4n) is 8.15. The van der Waals surface area contributed by atoms with Crippen molar-refractivity contribution < 1.29 is 36.3 Å². The van der Waals surface area contributed by atoms with Gasteiger partial charge in [0.1, 0.15) is 11.5 Å². The molecule has 5 N–H and O–H groups in total. The standard InChI is InChI=1S/C48H59BF2N9O5P/c1-34-30-36(3)58(5)45(34)43(46-35(2)31-37(4)60(46)49(50)51)23-15-7-6-8-16-28-59-33-40(56-57-59)18-17-29-63-48(61)55-44(32-38-24-26-39(27-25-38)54-47(52)53)66(62,64-41-19-11-9-12-20-41)65-42-21-13-10-14-22-42/h9-14,19-22,24-27,30-31,33,44H,6-8,15-18,23,28-29,32H2,1-5H3,(H4-,52,53,54,55,61)/p+1. The maximum Gasteiger partial charge on any atom is 0.934 e. The van der Waals surface area contributed by atoms with Gasteiger partial charge in [-0.25, -0.2) is 27.5 Å². The number of rotatable bonds is 23. The second-order valence-corrected chi connectivity index (χ2v) is 18.5. The molecular weight excluding hydrogens is 862 g/mol. The van der Waals surface area contributed by atoms with Crippen LogP contribution in [0.5, 0.6) is 11.5 Å². The average Bonchev–Trinajstić information content (AvgIpc) is 3.94. The van der Waals surface area contributed by atoms with Crippen LogP contribution in [0.2, 0.25) is 0 Å². The van der Waals surface area contributed by atoms with Crippen molar-refractivity contribution in [3.8, 4) is 11.5 Å². The van der Waals surface area contributed by atoms with Crippen LogP contribution in [0, 0.1) is 13.8 Å².